The molecule has 1 heteroatoms. The lowest BCUT2D eigenvalue weighted by Crippen LogP contribution is -2.17. The number of aromatic nitrogens is 1. The standard InChI is InChI=1S/C22H19N/c1-22(15-8-10-17-9-6-7-16-23-17)20-13-4-2-11-18(20)19-12-3-5-14-21(19)22/h2-9,11-16H,10H2,1H3/b15-8+. The van der Waals surface area contributed by atoms with Gasteiger partial charge in [-0.2, -0.15) is 0 Å². The van der Waals surface area contributed by atoms with Crippen molar-refractivity contribution in [2.24, 2.45) is 0 Å². The van der Waals surface area contributed by atoms with Crippen molar-refractivity contribution in [1.29, 1.82) is 0 Å². The Morgan fingerprint density at radius 3 is 2.04 bits per heavy atom. The lowest BCUT2D eigenvalue weighted by atomic mass is 9.80. The van der Waals surface area contributed by atoms with E-state index < -0.39 is 0 Å². The normalized spacial score (nSPS) is 14.7. The average Bonchev–Trinajstić information content (AvgIpc) is 2.86. The second-order valence-electron chi connectivity index (χ2n) is 6.22. The third-order valence-electron chi connectivity index (χ3n) is 4.77. The molecule has 1 aliphatic rings. The van der Waals surface area contributed by atoms with E-state index in [0.29, 0.717) is 0 Å². The predicted molar refractivity (Wildman–Crippen MR) is 95.4 cm³/mol. The Balaban J connectivity index is 1.75. The first-order valence-corrected chi connectivity index (χ1v) is 8.06. The van der Waals surface area contributed by atoms with E-state index in [4.69, 9.17) is 0 Å². The van der Waals surface area contributed by atoms with E-state index in [1.807, 2.05) is 18.3 Å². The fraction of sp³-hybridized carbons (Fsp3) is 0.136. The number of pyridine rings is 1. The smallest absolute Gasteiger partial charge is 0.0441 e. The van der Waals surface area contributed by atoms with Crippen LogP contribution < -0.4 is 0 Å². The summed E-state index contributed by atoms with van der Waals surface area (Å²) in [6, 6.07) is 23.5. The van der Waals surface area contributed by atoms with Gasteiger partial charge in [0, 0.05) is 23.7 Å². The van der Waals surface area contributed by atoms with E-state index >= 15 is 0 Å². The molecule has 1 heterocycles. The van der Waals surface area contributed by atoms with Crippen molar-refractivity contribution in [3.8, 4) is 11.1 Å². The highest BCUT2D eigenvalue weighted by molar-refractivity contribution is 5.81. The van der Waals surface area contributed by atoms with Crippen LogP contribution in [0.25, 0.3) is 11.1 Å². The molecule has 2 aromatic carbocycles. The summed E-state index contributed by atoms with van der Waals surface area (Å²) in [5, 5.41) is 0. The van der Waals surface area contributed by atoms with E-state index in [2.05, 4.69) is 78.7 Å². The number of benzene rings is 2. The zero-order valence-electron chi connectivity index (χ0n) is 13.2. The molecular formula is C22H19N. The summed E-state index contributed by atoms with van der Waals surface area (Å²) >= 11 is 0. The molecule has 0 aliphatic heterocycles. The van der Waals surface area contributed by atoms with Crippen LogP contribution in [0, 0.1) is 0 Å². The van der Waals surface area contributed by atoms with Gasteiger partial charge in [-0.25, -0.2) is 0 Å². The third kappa shape index (κ3) is 2.29. The Labute approximate surface area is 137 Å². The van der Waals surface area contributed by atoms with Gasteiger partial charge < -0.3 is 0 Å². The third-order valence-corrected chi connectivity index (χ3v) is 4.77. The number of allylic oxidation sites excluding steroid dienone is 2. The number of fused-ring (bicyclic) bond motifs is 3. The zero-order chi connectivity index (χ0) is 15.7. The van der Waals surface area contributed by atoms with Crippen molar-refractivity contribution in [3.05, 3.63) is 102 Å². The maximum atomic E-state index is 4.40. The van der Waals surface area contributed by atoms with Crippen molar-refractivity contribution < 1.29 is 0 Å². The summed E-state index contributed by atoms with van der Waals surface area (Å²) in [5.41, 5.74) is 6.52. The highest BCUT2D eigenvalue weighted by atomic mass is 14.7. The molecule has 0 spiro atoms. The lowest BCUT2D eigenvalue weighted by Gasteiger charge is -2.23. The minimum atomic E-state index is -0.0675. The highest BCUT2D eigenvalue weighted by Crippen LogP contribution is 2.49. The molecule has 0 saturated heterocycles. The highest BCUT2D eigenvalue weighted by Gasteiger charge is 2.36. The first-order chi connectivity index (χ1) is 11.3. The largest absolute Gasteiger partial charge is 0.261 e. The van der Waals surface area contributed by atoms with E-state index in [0.717, 1.165) is 12.1 Å². The van der Waals surface area contributed by atoms with Gasteiger partial charge in [0.05, 0.1) is 0 Å². The summed E-state index contributed by atoms with van der Waals surface area (Å²) in [4.78, 5) is 4.40. The van der Waals surface area contributed by atoms with Crippen LogP contribution in [0.1, 0.15) is 23.7 Å². The minimum absolute atomic E-state index is 0.0675. The van der Waals surface area contributed by atoms with Gasteiger partial charge in [0.1, 0.15) is 0 Å². The molecule has 4 rings (SSSR count). The topological polar surface area (TPSA) is 12.9 Å². The zero-order valence-corrected chi connectivity index (χ0v) is 13.2. The number of hydrogen-bond acceptors (Lipinski definition) is 1. The Bertz CT molecular complexity index is 816. The van der Waals surface area contributed by atoms with E-state index in [1.165, 1.54) is 22.3 Å². The van der Waals surface area contributed by atoms with Crippen molar-refractivity contribution in [1.82, 2.24) is 4.98 Å². The van der Waals surface area contributed by atoms with Gasteiger partial charge in [0.25, 0.3) is 0 Å². The summed E-state index contributed by atoms with van der Waals surface area (Å²) < 4.78 is 0. The summed E-state index contributed by atoms with van der Waals surface area (Å²) in [5.74, 6) is 0. The lowest BCUT2D eigenvalue weighted by molar-refractivity contribution is 0.743. The van der Waals surface area contributed by atoms with Crippen LogP contribution in [0.3, 0.4) is 0 Å². The van der Waals surface area contributed by atoms with Crippen LogP contribution in [0.5, 0.6) is 0 Å². The molecule has 0 saturated carbocycles. The van der Waals surface area contributed by atoms with E-state index in [9.17, 15) is 0 Å². The van der Waals surface area contributed by atoms with Crippen LogP contribution in [0.15, 0.2) is 85.1 Å². The maximum Gasteiger partial charge on any atom is 0.0441 e. The Hall–Kier alpha value is -2.67. The molecule has 23 heavy (non-hydrogen) atoms. The van der Waals surface area contributed by atoms with Gasteiger partial charge in [-0.05, 0) is 41.3 Å². The molecule has 1 nitrogen and oxygen atoms in total. The quantitative estimate of drug-likeness (QED) is 0.608. The first kappa shape index (κ1) is 14.0. The maximum absolute atomic E-state index is 4.40. The summed E-state index contributed by atoms with van der Waals surface area (Å²) in [6.07, 6.45) is 7.30. The second-order valence-corrected chi connectivity index (χ2v) is 6.22. The molecule has 1 aliphatic carbocycles. The summed E-state index contributed by atoms with van der Waals surface area (Å²) in [6.45, 7) is 2.31. The molecule has 0 radical (unpaired) electrons. The van der Waals surface area contributed by atoms with Gasteiger partial charge in [0.2, 0.25) is 0 Å². The molecule has 112 valence electrons. The number of hydrogen-bond donors (Lipinski definition) is 0. The Morgan fingerprint density at radius 2 is 1.43 bits per heavy atom. The number of nitrogens with zero attached hydrogens (tertiary/aromatic N) is 1. The minimum Gasteiger partial charge on any atom is -0.261 e. The van der Waals surface area contributed by atoms with Crippen molar-refractivity contribution in [3.63, 3.8) is 0 Å². The van der Waals surface area contributed by atoms with Gasteiger partial charge in [-0.1, -0.05) is 66.7 Å². The van der Waals surface area contributed by atoms with Crippen LogP contribution in [0.4, 0.5) is 0 Å². The molecule has 0 bridgehead atoms. The van der Waals surface area contributed by atoms with E-state index in [-0.39, 0.29) is 5.41 Å². The van der Waals surface area contributed by atoms with Gasteiger partial charge in [0.15, 0.2) is 0 Å². The molecular weight excluding hydrogens is 278 g/mol. The molecule has 1 aromatic heterocycles. The SMILES string of the molecule is CC1(/C=C/Cc2ccccn2)c2ccccc2-c2ccccc21. The monoisotopic (exact) mass is 297 g/mol. The average molecular weight is 297 g/mol. The van der Waals surface area contributed by atoms with Crippen LogP contribution >= 0.6 is 0 Å². The van der Waals surface area contributed by atoms with Crippen molar-refractivity contribution in [2.75, 3.05) is 0 Å². The second kappa shape index (κ2) is 5.51. The molecule has 0 fully saturated rings. The van der Waals surface area contributed by atoms with Crippen LogP contribution in [0.2, 0.25) is 0 Å². The fourth-order valence-corrected chi connectivity index (χ4v) is 3.60. The molecule has 0 unspecified atom stereocenters. The predicted octanol–water partition coefficient (Wildman–Crippen LogP) is 5.17. The molecule has 0 atom stereocenters. The van der Waals surface area contributed by atoms with Gasteiger partial charge in [-0.15, -0.1) is 0 Å². The molecule has 0 N–H and O–H groups in total. The van der Waals surface area contributed by atoms with Gasteiger partial charge >= 0.3 is 0 Å². The van der Waals surface area contributed by atoms with Gasteiger partial charge in [-0.3, -0.25) is 4.98 Å². The first-order valence-electron chi connectivity index (χ1n) is 8.06. The Kier molecular flexibility index (Phi) is 3.34. The van der Waals surface area contributed by atoms with E-state index in [1.54, 1.807) is 0 Å². The van der Waals surface area contributed by atoms with Crippen molar-refractivity contribution in [2.45, 2.75) is 18.8 Å². The summed E-state index contributed by atoms with van der Waals surface area (Å²) in [7, 11) is 0. The van der Waals surface area contributed by atoms with Crippen LogP contribution in [-0.4, -0.2) is 4.98 Å². The fourth-order valence-electron chi connectivity index (χ4n) is 3.60. The number of rotatable bonds is 3. The van der Waals surface area contributed by atoms with Crippen LogP contribution in [-0.2, 0) is 11.8 Å². The molecule has 0 amide bonds. The van der Waals surface area contributed by atoms with Crippen molar-refractivity contribution >= 4 is 0 Å². The molecule has 3 aromatic rings. The Morgan fingerprint density at radius 1 is 0.826 bits per heavy atom.